The zero-order chi connectivity index (χ0) is 13.2. The summed E-state index contributed by atoms with van der Waals surface area (Å²) in [5, 5.41) is 12.1. The first-order valence-corrected chi connectivity index (χ1v) is 6.32. The molecular formula is C12H15N5O2. The van der Waals surface area contributed by atoms with E-state index in [0.29, 0.717) is 32.7 Å². The molecule has 1 aromatic rings. The second-order valence-electron chi connectivity index (χ2n) is 4.74. The van der Waals surface area contributed by atoms with Crippen LogP contribution in [-0.2, 0) is 22.5 Å². The van der Waals surface area contributed by atoms with E-state index in [2.05, 4.69) is 15.3 Å². The van der Waals surface area contributed by atoms with E-state index in [1.54, 1.807) is 11.2 Å². The van der Waals surface area contributed by atoms with E-state index in [1.807, 2.05) is 6.07 Å². The van der Waals surface area contributed by atoms with Gasteiger partial charge >= 0.3 is 0 Å². The van der Waals surface area contributed by atoms with E-state index < -0.39 is 6.10 Å². The molecule has 1 aromatic heterocycles. The topological polar surface area (TPSA) is 94.0 Å². The van der Waals surface area contributed by atoms with Crippen molar-refractivity contribution >= 4 is 5.91 Å². The number of nitrogens with one attached hydrogen (secondary N) is 2. The average molecular weight is 261 g/mol. The number of carbonyl (C=O) groups excluding carboxylic acids is 1. The SMILES string of the molecule is N#CC1CN(C(=O)C2Cc3nc[nH]c3CN2)CCO1. The molecule has 0 bridgehead atoms. The second kappa shape index (κ2) is 4.99. The Hall–Kier alpha value is -1.91. The predicted molar refractivity (Wildman–Crippen MR) is 64.9 cm³/mol. The smallest absolute Gasteiger partial charge is 0.240 e. The van der Waals surface area contributed by atoms with Gasteiger partial charge in [0.05, 0.1) is 43.0 Å². The average Bonchev–Trinajstić information content (AvgIpc) is 2.94. The molecule has 3 rings (SSSR count). The van der Waals surface area contributed by atoms with Crippen LogP contribution in [0.25, 0.3) is 0 Å². The number of carbonyl (C=O) groups is 1. The van der Waals surface area contributed by atoms with Gasteiger partial charge in [0.1, 0.15) is 0 Å². The van der Waals surface area contributed by atoms with Crippen molar-refractivity contribution in [3.05, 3.63) is 17.7 Å². The molecule has 0 saturated carbocycles. The fraction of sp³-hybridized carbons (Fsp3) is 0.583. The van der Waals surface area contributed by atoms with Crippen molar-refractivity contribution in [2.45, 2.75) is 25.1 Å². The molecule has 1 fully saturated rings. The minimum absolute atomic E-state index is 0.0252. The van der Waals surface area contributed by atoms with Crippen molar-refractivity contribution in [2.75, 3.05) is 19.7 Å². The Bertz CT molecular complexity index is 520. The first kappa shape index (κ1) is 12.1. The van der Waals surface area contributed by atoms with Crippen molar-refractivity contribution < 1.29 is 9.53 Å². The lowest BCUT2D eigenvalue weighted by Gasteiger charge is -2.33. The summed E-state index contributed by atoms with van der Waals surface area (Å²) < 4.78 is 5.25. The number of fused-ring (bicyclic) bond motifs is 1. The van der Waals surface area contributed by atoms with Gasteiger partial charge in [0.2, 0.25) is 5.91 Å². The van der Waals surface area contributed by atoms with Gasteiger partial charge in [-0.3, -0.25) is 10.1 Å². The van der Waals surface area contributed by atoms with Crippen molar-refractivity contribution in [2.24, 2.45) is 0 Å². The van der Waals surface area contributed by atoms with E-state index in [1.165, 1.54) is 0 Å². The fourth-order valence-electron chi connectivity index (χ4n) is 2.49. The number of aromatic amines is 1. The molecule has 7 nitrogen and oxygen atoms in total. The second-order valence-corrected chi connectivity index (χ2v) is 4.74. The zero-order valence-corrected chi connectivity index (χ0v) is 10.4. The highest BCUT2D eigenvalue weighted by atomic mass is 16.5. The van der Waals surface area contributed by atoms with Gasteiger partial charge in [-0.1, -0.05) is 0 Å². The first-order valence-electron chi connectivity index (χ1n) is 6.32. The number of nitrogens with zero attached hydrogens (tertiary/aromatic N) is 3. The minimum atomic E-state index is -0.512. The van der Waals surface area contributed by atoms with Crippen LogP contribution in [-0.4, -0.2) is 52.6 Å². The molecule has 2 unspecified atom stereocenters. The maximum Gasteiger partial charge on any atom is 0.240 e. The molecule has 19 heavy (non-hydrogen) atoms. The number of aromatic nitrogens is 2. The number of H-pyrrole nitrogens is 1. The Morgan fingerprint density at radius 2 is 2.53 bits per heavy atom. The third kappa shape index (κ3) is 2.32. The molecule has 3 heterocycles. The normalized spacial score (nSPS) is 26.6. The molecule has 2 atom stereocenters. The van der Waals surface area contributed by atoms with Gasteiger partial charge in [-0.25, -0.2) is 4.98 Å². The molecule has 7 heteroatoms. The lowest BCUT2D eigenvalue weighted by atomic mass is 10.0. The van der Waals surface area contributed by atoms with E-state index >= 15 is 0 Å². The lowest BCUT2D eigenvalue weighted by Crippen LogP contribution is -2.54. The summed E-state index contributed by atoms with van der Waals surface area (Å²) in [5.41, 5.74) is 1.99. The third-order valence-corrected chi connectivity index (χ3v) is 3.55. The number of hydrogen-bond donors (Lipinski definition) is 2. The summed E-state index contributed by atoms with van der Waals surface area (Å²) in [4.78, 5) is 21.4. The van der Waals surface area contributed by atoms with Crippen molar-refractivity contribution in [3.63, 3.8) is 0 Å². The number of morpholine rings is 1. The summed E-state index contributed by atoms with van der Waals surface area (Å²) in [6.07, 6.45) is 1.73. The molecule has 2 aliphatic rings. The Morgan fingerprint density at radius 3 is 3.37 bits per heavy atom. The van der Waals surface area contributed by atoms with Gasteiger partial charge in [-0.15, -0.1) is 0 Å². The van der Waals surface area contributed by atoms with Gasteiger partial charge in [0.25, 0.3) is 0 Å². The van der Waals surface area contributed by atoms with Crippen LogP contribution in [0.3, 0.4) is 0 Å². The summed E-state index contributed by atoms with van der Waals surface area (Å²) in [7, 11) is 0. The van der Waals surface area contributed by atoms with E-state index in [4.69, 9.17) is 10.00 Å². The Kier molecular flexibility index (Phi) is 3.19. The predicted octanol–water partition coefficient (Wildman–Crippen LogP) is -0.825. The Morgan fingerprint density at radius 1 is 1.63 bits per heavy atom. The van der Waals surface area contributed by atoms with Crippen LogP contribution in [0.5, 0.6) is 0 Å². The van der Waals surface area contributed by atoms with Crippen LogP contribution < -0.4 is 5.32 Å². The lowest BCUT2D eigenvalue weighted by molar-refractivity contribution is -0.139. The summed E-state index contributed by atoms with van der Waals surface area (Å²) >= 11 is 0. The van der Waals surface area contributed by atoms with Crippen LogP contribution in [0.15, 0.2) is 6.33 Å². The fourth-order valence-corrected chi connectivity index (χ4v) is 2.49. The van der Waals surface area contributed by atoms with E-state index in [-0.39, 0.29) is 11.9 Å². The number of nitriles is 1. The molecule has 0 spiro atoms. The number of rotatable bonds is 1. The minimum Gasteiger partial charge on any atom is -0.360 e. The highest BCUT2D eigenvalue weighted by molar-refractivity contribution is 5.82. The maximum atomic E-state index is 12.4. The highest BCUT2D eigenvalue weighted by Crippen LogP contribution is 2.15. The van der Waals surface area contributed by atoms with Gasteiger partial charge in [0, 0.05) is 19.5 Å². The van der Waals surface area contributed by atoms with Gasteiger partial charge in [-0.2, -0.15) is 5.26 Å². The largest absolute Gasteiger partial charge is 0.360 e. The Balaban J connectivity index is 1.67. The van der Waals surface area contributed by atoms with E-state index in [9.17, 15) is 4.79 Å². The molecular weight excluding hydrogens is 246 g/mol. The molecule has 0 radical (unpaired) electrons. The summed E-state index contributed by atoms with van der Waals surface area (Å²) in [6, 6.07) is 1.79. The third-order valence-electron chi connectivity index (χ3n) is 3.55. The van der Waals surface area contributed by atoms with Crippen LogP contribution >= 0.6 is 0 Å². The maximum absolute atomic E-state index is 12.4. The monoisotopic (exact) mass is 261 g/mol. The van der Waals surface area contributed by atoms with Crippen LogP contribution in [0.1, 0.15) is 11.4 Å². The number of imidazole rings is 1. The summed E-state index contributed by atoms with van der Waals surface area (Å²) in [5.74, 6) is 0.0252. The number of ether oxygens (including phenoxy) is 1. The molecule has 2 aliphatic heterocycles. The molecule has 1 saturated heterocycles. The van der Waals surface area contributed by atoms with Crippen molar-refractivity contribution in [3.8, 4) is 6.07 Å². The van der Waals surface area contributed by atoms with Crippen molar-refractivity contribution in [1.29, 1.82) is 5.26 Å². The van der Waals surface area contributed by atoms with Gasteiger partial charge < -0.3 is 14.6 Å². The van der Waals surface area contributed by atoms with Crippen LogP contribution in [0.4, 0.5) is 0 Å². The van der Waals surface area contributed by atoms with Crippen LogP contribution in [0.2, 0.25) is 0 Å². The Labute approximate surface area is 110 Å². The standard InChI is InChI=1S/C12H15N5O2/c13-4-8-6-17(1-2-19-8)12(18)10-3-9-11(5-14-10)16-7-15-9/h7-8,10,14H,1-3,5-6H2,(H,15,16). The molecule has 2 N–H and O–H groups in total. The quantitative estimate of drug-likeness (QED) is 0.688. The number of hydrogen-bond acceptors (Lipinski definition) is 5. The number of amides is 1. The highest BCUT2D eigenvalue weighted by Gasteiger charge is 2.32. The van der Waals surface area contributed by atoms with Crippen molar-refractivity contribution in [1.82, 2.24) is 20.2 Å². The first-order chi connectivity index (χ1) is 9.28. The molecule has 0 aromatic carbocycles. The summed E-state index contributed by atoms with van der Waals surface area (Å²) in [6.45, 7) is 1.94. The zero-order valence-electron chi connectivity index (χ0n) is 10.4. The van der Waals surface area contributed by atoms with Gasteiger partial charge in [-0.05, 0) is 0 Å². The molecule has 0 aliphatic carbocycles. The van der Waals surface area contributed by atoms with Crippen LogP contribution in [0, 0.1) is 11.3 Å². The van der Waals surface area contributed by atoms with E-state index in [0.717, 1.165) is 11.4 Å². The van der Waals surface area contributed by atoms with Gasteiger partial charge in [0.15, 0.2) is 6.10 Å². The molecule has 1 amide bonds. The molecule has 100 valence electrons.